The lowest BCUT2D eigenvalue weighted by atomic mass is 9.87. The van der Waals surface area contributed by atoms with Gasteiger partial charge in [-0.2, -0.15) is 0 Å². The highest BCUT2D eigenvalue weighted by molar-refractivity contribution is 5.15. The van der Waals surface area contributed by atoms with Crippen LogP contribution in [0.1, 0.15) is 120 Å². The van der Waals surface area contributed by atoms with Crippen LogP contribution in [0.15, 0.2) is 0 Å². The monoisotopic (exact) mass is 520 g/mol. The van der Waals surface area contributed by atoms with Gasteiger partial charge in [-0.3, -0.25) is 0 Å². The van der Waals surface area contributed by atoms with Crippen molar-refractivity contribution in [2.75, 3.05) is 0 Å². The summed E-state index contributed by atoms with van der Waals surface area (Å²) in [5.41, 5.74) is -2.37. The van der Waals surface area contributed by atoms with E-state index in [1.807, 2.05) is 0 Å². The first-order valence-electron chi connectivity index (χ1n) is 14.9. The van der Waals surface area contributed by atoms with Gasteiger partial charge >= 0.3 is 0 Å². The summed E-state index contributed by atoms with van der Waals surface area (Å²) in [6.45, 7) is 17.4. The fraction of sp³-hybridized carbons (Fsp3) is 1.00. The second-order valence-corrected chi connectivity index (χ2v) is 15.2. The molecule has 7 heteroatoms. The van der Waals surface area contributed by atoms with Crippen molar-refractivity contribution in [1.29, 1.82) is 0 Å². The van der Waals surface area contributed by atoms with Gasteiger partial charge in [0.15, 0.2) is 11.6 Å². The Morgan fingerprint density at radius 2 is 0.838 bits per heavy atom. The Labute approximate surface area is 222 Å². The first kappa shape index (κ1) is 25.7. The maximum absolute atomic E-state index is 7.01. The molecule has 7 saturated heterocycles. The largest absolute Gasteiger partial charge is 0.369 e. The van der Waals surface area contributed by atoms with Crippen LogP contribution < -0.4 is 0 Å². The molecule has 0 aromatic heterocycles. The molecule has 7 aliphatic heterocycles. The highest BCUT2D eigenvalue weighted by atomic mass is 16.8. The Hall–Kier alpha value is -0.280. The predicted octanol–water partition coefficient (Wildman–Crippen LogP) is 5.56. The molecular formula is C30H48O7. The molecule has 7 heterocycles. The van der Waals surface area contributed by atoms with Gasteiger partial charge in [0.05, 0.1) is 46.8 Å². The van der Waals surface area contributed by atoms with Crippen LogP contribution in [0.2, 0.25) is 0 Å². The van der Waals surface area contributed by atoms with Crippen LogP contribution in [-0.2, 0) is 33.2 Å². The van der Waals surface area contributed by atoms with Crippen molar-refractivity contribution in [2.45, 2.75) is 189 Å². The van der Waals surface area contributed by atoms with Crippen LogP contribution >= 0.6 is 0 Å². The lowest BCUT2D eigenvalue weighted by molar-refractivity contribution is -0.411. The maximum Gasteiger partial charge on any atom is 0.198 e. The van der Waals surface area contributed by atoms with E-state index in [1.165, 1.54) is 0 Å². The summed E-state index contributed by atoms with van der Waals surface area (Å²) in [5, 5.41) is 0. The molecule has 2 spiro atoms. The van der Waals surface area contributed by atoms with Crippen molar-refractivity contribution in [3.63, 3.8) is 0 Å². The molecule has 0 aromatic carbocycles. The van der Waals surface area contributed by atoms with Gasteiger partial charge in [0.1, 0.15) is 11.2 Å². The number of ether oxygens (including phenoxy) is 7. The van der Waals surface area contributed by atoms with E-state index < -0.39 is 34.0 Å². The Balaban J connectivity index is 1.09. The summed E-state index contributed by atoms with van der Waals surface area (Å²) >= 11 is 0. The Kier molecular flexibility index (Phi) is 5.08. The topological polar surface area (TPSA) is 64.6 Å². The average Bonchev–Trinajstić information content (AvgIpc) is 3.58. The molecular weight excluding hydrogens is 472 g/mol. The summed E-state index contributed by atoms with van der Waals surface area (Å²) in [4.78, 5) is 0. The molecule has 10 atom stereocenters. The van der Waals surface area contributed by atoms with E-state index in [2.05, 4.69) is 55.4 Å². The zero-order valence-electron chi connectivity index (χ0n) is 24.2. The van der Waals surface area contributed by atoms with E-state index >= 15 is 0 Å². The standard InChI is InChI=1S/C30H48O7/c1-23(2)19-11-13-27(7,32-19)29(34-23)17-15-25(5,36-29)21-9-10-22(31-21)26(6)16-18-30(37-26)28(8)14-12-20(33-28)24(3,4)35-30/h19-22H,9-18H2,1-8H3/t19-,20-,21-,22+,25-,26+,27+,28+,29-,30-/m1/s1. The molecule has 210 valence electrons. The van der Waals surface area contributed by atoms with E-state index in [9.17, 15) is 0 Å². The van der Waals surface area contributed by atoms with Gasteiger partial charge in [-0.15, -0.1) is 0 Å². The van der Waals surface area contributed by atoms with Crippen LogP contribution in [0, 0.1) is 0 Å². The first-order valence-corrected chi connectivity index (χ1v) is 14.9. The van der Waals surface area contributed by atoms with Gasteiger partial charge in [-0.1, -0.05) is 0 Å². The third kappa shape index (κ3) is 3.31. The third-order valence-electron chi connectivity index (χ3n) is 11.7. The molecule has 7 nitrogen and oxygen atoms in total. The minimum Gasteiger partial charge on any atom is -0.369 e. The van der Waals surface area contributed by atoms with Crippen LogP contribution in [0.3, 0.4) is 0 Å². The molecule has 7 aliphatic rings. The van der Waals surface area contributed by atoms with E-state index in [0.717, 1.165) is 64.2 Å². The van der Waals surface area contributed by atoms with Gasteiger partial charge < -0.3 is 33.2 Å². The fourth-order valence-electron chi connectivity index (χ4n) is 9.07. The molecule has 0 radical (unpaired) electrons. The van der Waals surface area contributed by atoms with Crippen molar-refractivity contribution in [1.82, 2.24) is 0 Å². The number of rotatable bonds is 2. The van der Waals surface area contributed by atoms with Crippen LogP contribution in [0.25, 0.3) is 0 Å². The number of hydrogen-bond donors (Lipinski definition) is 0. The zero-order chi connectivity index (χ0) is 26.3. The number of fused-ring (bicyclic) bond motifs is 6. The lowest BCUT2D eigenvalue weighted by Gasteiger charge is -2.53. The molecule has 4 bridgehead atoms. The van der Waals surface area contributed by atoms with Crippen molar-refractivity contribution in [2.24, 2.45) is 0 Å². The molecule has 0 aromatic rings. The van der Waals surface area contributed by atoms with Gasteiger partial charge in [-0.05, 0) is 107 Å². The third-order valence-corrected chi connectivity index (χ3v) is 11.7. The van der Waals surface area contributed by atoms with Crippen molar-refractivity contribution >= 4 is 0 Å². The molecule has 0 aliphatic carbocycles. The smallest absolute Gasteiger partial charge is 0.198 e. The predicted molar refractivity (Wildman–Crippen MR) is 136 cm³/mol. The molecule has 37 heavy (non-hydrogen) atoms. The van der Waals surface area contributed by atoms with E-state index in [4.69, 9.17) is 33.2 Å². The van der Waals surface area contributed by atoms with Crippen LogP contribution in [0.5, 0.6) is 0 Å². The van der Waals surface area contributed by atoms with E-state index in [1.54, 1.807) is 0 Å². The molecule has 7 fully saturated rings. The lowest BCUT2D eigenvalue weighted by Crippen LogP contribution is -2.65. The van der Waals surface area contributed by atoms with Crippen molar-refractivity contribution < 1.29 is 33.2 Å². The summed E-state index contributed by atoms with van der Waals surface area (Å²) in [6.07, 6.45) is 9.60. The highest BCUT2D eigenvalue weighted by Crippen LogP contribution is 2.61. The quantitative estimate of drug-likeness (QED) is 0.472. The number of hydrogen-bond acceptors (Lipinski definition) is 7. The molecule has 7 rings (SSSR count). The van der Waals surface area contributed by atoms with Gasteiger partial charge in [-0.25, -0.2) is 0 Å². The van der Waals surface area contributed by atoms with Gasteiger partial charge in [0.25, 0.3) is 0 Å². The van der Waals surface area contributed by atoms with Gasteiger partial charge in [0, 0.05) is 12.8 Å². The second-order valence-electron chi connectivity index (χ2n) is 15.2. The first-order chi connectivity index (χ1) is 17.1. The van der Waals surface area contributed by atoms with Crippen molar-refractivity contribution in [3.8, 4) is 0 Å². The summed E-state index contributed by atoms with van der Waals surface area (Å²) in [7, 11) is 0. The van der Waals surface area contributed by atoms with Crippen LogP contribution in [0.4, 0.5) is 0 Å². The molecule has 0 saturated carbocycles. The summed E-state index contributed by atoms with van der Waals surface area (Å²) in [6, 6.07) is 0. The Morgan fingerprint density at radius 3 is 1.24 bits per heavy atom. The summed E-state index contributed by atoms with van der Waals surface area (Å²) < 4.78 is 47.7. The highest BCUT2D eigenvalue weighted by Gasteiger charge is 2.71. The normalized spacial score (nSPS) is 59.7. The molecule has 0 amide bonds. The fourth-order valence-corrected chi connectivity index (χ4v) is 9.07. The van der Waals surface area contributed by atoms with Crippen molar-refractivity contribution in [3.05, 3.63) is 0 Å². The molecule has 0 N–H and O–H groups in total. The average molecular weight is 521 g/mol. The Morgan fingerprint density at radius 1 is 0.432 bits per heavy atom. The van der Waals surface area contributed by atoms with E-state index in [-0.39, 0.29) is 35.6 Å². The molecule has 0 unspecified atom stereocenters. The Bertz CT molecular complexity index is 907. The van der Waals surface area contributed by atoms with Crippen LogP contribution in [-0.4, -0.2) is 69.6 Å². The minimum absolute atomic E-state index is 0.00491. The summed E-state index contributed by atoms with van der Waals surface area (Å²) in [5.74, 6) is -1.44. The second kappa shape index (κ2) is 7.32. The minimum atomic E-state index is -0.718. The van der Waals surface area contributed by atoms with E-state index in [0.29, 0.717) is 0 Å². The SMILES string of the molecule is CC1(C)O[C@@]2(CC[C@](C)([C@H]3CC[C@@H]([C@]4(C)CC[C@@]5(OC(C)(C)[C@H]6CC[C@]5(C)O6)O4)O3)O2)[C@]2(C)CC[C@H]1O2. The van der Waals surface area contributed by atoms with Gasteiger partial charge in [0.2, 0.25) is 0 Å². The maximum atomic E-state index is 7.01. The zero-order valence-corrected chi connectivity index (χ0v) is 24.2.